The van der Waals surface area contributed by atoms with Crippen LogP contribution in [0.2, 0.25) is 0 Å². The lowest BCUT2D eigenvalue weighted by molar-refractivity contribution is -0.119. The molecule has 1 aromatic heterocycles. The highest BCUT2D eigenvalue weighted by Crippen LogP contribution is 2.21. The SMILES string of the molecule is O=CN1CCN(S(=O)(=O)Cc2noc3ccccc23)CC1. The van der Waals surface area contributed by atoms with Crippen LogP contribution >= 0.6 is 0 Å². The molecule has 1 amide bonds. The van der Waals surface area contributed by atoms with Gasteiger partial charge in [-0.1, -0.05) is 17.3 Å². The number of hydrogen-bond acceptors (Lipinski definition) is 5. The fourth-order valence-electron chi connectivity index (χ4n) is 2.39. The van der Waals surface area contributed by atoms with Gasteiger partial charge < -0.3 is 9.42 Å². The summed E-state index contributed by atoms with van der Waals surface area (Å²) in [6.07, 6.45) is 0.745. The molecule has 1 aliphatic rings. The van der Waals surface area contributed by atoms with E-state index in [-0.39, 0.29) is 5.75 Å². The number of fused-ring (bicyclic) bond motifs is 1. The van der Waals surface area contributed by atoms with Gasteiger partial charge in [0.1, 0.15) is 11.4 Å². The van der Waals surface area contributed by atoms with Gasteiger partial charge in [-0.3, -0.25) is 4.79 Å². The third kappa shape index (κ3) is 2.77. The Hall–Kier alpha value is -1.93. The summed E-state index contributed by atoms with van der Waals surface area (Å²) >= 11 is 0. The minimum atomic E-state index is -3.46. The summed E-state index contributed by atoms with van der Waals surface area (Å²) in [5.74, 6) is -0.189. The lowest BCUT2D eigenvalue weighted by Gasteiger charge is -2.31. The van der Waals surface area contributed by atoms with E-state index < -0.39 is 10.0 Å². The van der Waals surface area contributed by atoms with Crippen molar-refractivity contribution < 1.29 is 17.7 Å². The van der Waals surface area contributed by atoms with E-state index >= 15 is 0 Å². The van der Waals surface area contributed by atoms with Crippen LogP contribution in [0.3, 0.4) is 0 Å². The van der Waals surface area contributed by atoms with Gasteiger partial charge in [-0.15, -0.1) is 0 Å². The van der Waals surface area contributed by atoms with E-state index in [2.05, 4.69) is 5.16 Å². The largest absolute Gasteiger partial charge is 0.356 e. The Bertz CT molecular complexity index is 748. The second-order valence-corrected chi connectivity index (χ2v) is 6.89. The number of hydrogen-bond donors (Lipinski definition) is 0. The zero-order valence-electron chi connectivity index (χ0n) is 11.3. The van der Waals surface area contributed by atoms with Crippen LogP contribution < -0.4 is 0 Å². The highest BCUT2D eigenvalue weighted by atomic mass is 32.2. The first-order valence-corrected chi connectivity index (χ1v) is 8.21. The monoisotopic (exact) mass is 309 g/mol. The highest BCUT2D eigenvalue weighted by molar-refractivity contribution is 7.88. The van der Waals surface area contributed by atoms with Crippen LogP contribution in [0.25, 0.3) is 11.0 Å². The Labute approximate surface area is 122 Å². The van der Waals surface area contributed by atoms with Crippen molar-refractivity contribution in [2.75, 3.05) is 26.2 Å². The number of rotatable bonds is 4. The molecule has 1 saturated heterocycles. The summed E-state index contributed by atoms with van der Waals surface area (Å²) in [6.45, 7) is 1.47. The zero-order valence-corrected chi connectivity index (χ0v) is 12.1. The molecule has 2 aromatic rings. The maximum absolute atomic E-state index is 12.4. The third-order valence-electron chi connectivity index (χ3n) is 3.59. The molecule has 0 aliphatic carbocycles. The summed E-state index contributed by atoms with van der Waals surface area (Å²) in [4.78, 5) is 12.2. The molecule has 112 valence electrons. The predicted octanol–water partition coefficient (Wildman–Crippen LogP) is 0.432. The first-order valence-electron chi connectivity index (χ1n) is 6.60. The Kier molecular flexibility index (Phi) is 3.64. The number of sulfonamides is 1. The molecule has 1 aromatic carbocycles. The molecule has 0 bridgehead atoms. The van der Waals surface area contributed by atoms with Gasteiger partial charge >= 0.3 is 0 Å². The van der Waals surface area contributed by atoms with Gasteiger partial charge in [0.15, 0.2) is 5.58 Å². The number of amides is 1. The molecule has 7 nitrogen and oxygen atoms in total. The quantitative estimate of drug-likeness (QED) is 0.765. The van der Waals surface area contributed by atoms with Gasteiger partial charge in [0.05, 0.1) is 0 Å². The molecule has 0 N–H and O–H groups in total. The first kappa shape index (κ1) is 14.0. The number of benzene rings is 1. The molecule has 21 heavy (non-hydrogen) atoms. The van der Waals surface area contributed by atoms with Crippen molar-refractivity contribution in [3.05, 3.63) is 30.0 Å². The van der Waals surface area contributed by atoms with Crippen molar-refractivity contribution in [2.45, 2.75) is 5.75 Å². The van der Waals surface area contributed by atoms with Crippen molar-refractivity contribution in [1.82, 2.24) is 14.4 Å². The number of aromatic nitrogens is 1. The van der Waals surface area contributed by atoms with Gasteiger partial charge in [0.2, 0.25) is 16.4 Å². The van der Waals surface area contributed by atoms with Crippen LogP contribution in [-0.2, 0) is 20.6 Å². The molecule has 0 unspecified atom stereocenters. The average molecular weight is 309 g/mol. The van der Waals surface area contributed by atoms with Gasteiger partial charge in [0.25, 0.3) is 0 Å². The van der Waals surface area contributed by atoms with E-state index in [0.29, 0.717) is 42.8 Å². The van der Waals surface area contributed by atoms with Crippen LogP contribution in [0, 0.1) is 0 Å². The van der Waals surface area contributed by atoms with E-state index in [4.69, 9.17) is 4.52 Å². The number of piperazine rings is 1. The molecule has 3 rings (SSSR count). The second kappa shape index (κ2) is 5.45. The van der Waals surface area contributed by atoms with Crippen molar-refractivity contribution in [1.29, 1.82) is 0 Å². The average Bonchev–Trinajstić information content (AvgIpc) is 2.90. The smallest absolute Gasteiger partial charge is 0.220 e. The first-order chi connectivity index (χ1) is 10.1. The molecule has 8 heteroatoms. The Morgan fingerprint density at radius 3 is 2.62 bits per heavy atom. The summed E-state index contributed by atoms with van der Waals surface area (Å²) < 4.78 is 31.4. The summed E-state index contributed by atoms with van der Waals surface area (Å²) in [6, 6.07) is 7.17. The molecule has 0 radical (unpaired) electrons. The molecule has 1 fully saturated rings. The Morgan fingerprint density at radius 2 is 1.90 bits per heavy atom. The number of para-hydroxylation sites is 1. The Morgan fingerprint density at radius 1 is 1.19 bits per heavy atom. The van der Waals surface area contributed by atoms with E-state index in [1.54, 1.807) is 17.0 Å². The molecule has 2 heterocycles. The molecule has 0 spiro atoms. The maximum atomic E-state index is 12.4. The van der Waals surface area contributed by atoms with Crippen LogP contribution in [0.4, 0.5) is 0 Å². The van der Waals surface area contributed by atoms with Gasteiger partial charge in [0, 0.05) is 31.6 Å². The van der Waals surface area contributed by atoms with E-state index in [1.807, 2.05) is 12.1 Å². The fraction of sp³-hybridized carbons (Fsp3) is 0.385. The lowest BCUT2D eigenvalue weighted by atomic mass is 10.2. The minimum Gasteiger partial charge on any atom is -0.356 e. The number of nitrogens with zero attached hydrogens (tertiary/aromatic N) is 3. The minimum absolute atomic E-state index is 0.189. The summed E-state index contributed by atoms with van der Waals surface area (Å²) in [5.41, 5.74) is 0.997. The van der Waals surface area contributed by atoms with Crippen LogP contribution in [0.5, 0.6) is 0 Å². The molecule has 0 atom stereocenters. The van der Waals surface area contributed by atoms with Crippen LogP contribution in [-0.4, -0.2) is 55.4 Å². The number of carbonyl (C=O) groups excluding carboxylic acids is 1. The lowest BCUT2D eigenvalue weighted by Crippen LogP contribution is -2.48. The van der Waals surface area contributed by atoms with E-state index in [1.165, 1.54) is 4.31 Å². The Balaban J connectivity index is 1.79. The normalized spacial score (nSPS) is 17.2. The van der Waals surface area contributed by atoms with Gasteiger partial charge in [-0.25, -0.2) is 8.42 Å². The fourth-order valence-corrected chi connectivity index (χ4v) is 3.85. The predicted molar refractivity (Wildman–Crippen MR) is 75.8 cm³/mol. The molecule has 0 saturated carbocycles. The van der Waals surface area contributed by atoms with Crippen LogP contribution in [0.15, 0.2) is 28.8 Å². The third-order valence-corrected chi connectivity index (χ3v) is 5.38. The standard InChI is InChI=1S/C13H15N3O4S/c17-10-15-5-7-16(8-6-15)21(18,19)9-12-11-3-1-2-4-13(11)20-14-12/h1-4,10H,5-9H2. The topological polar surface area (TPSA) is 83.7 Å². The highest BCUT2D eigenvalue weighted by Gasteiger charge is 2.28. The van der Waals surface area contributed by atoms with Crippen molar-refractivity contribution >= 4 is 27.4 Å². The van der Waals surface area contributed by atoms with Crippen molar-refractivity contribution in [3.63, 3.8) is 0 Å². The van der Waals surface area contributed by atoms with Gasteiger partial charge in [-0.2, -0.15) is 4.31 Å². The van der Waals surface area contributed by atoms with Gasteiger partial charge in [-0.05, 0) is 12.1 Å². The van der Waals surface area contributed by atoms with E-state index in [0.717, 1.165) is 6.41 Å². The maximum Gasteiger partial charge on any atom is 0.220 e. The summed E-state index contributed by atoms with van der Waals surface area (Å²) in [7, 11) is -3.46. The molecular formula is C13H15N3O4S. The zero-order chi connectivity index (χ0) is 14.9. The van der Waals surface area contributed by atoms with Crippen molar-refractivity contribution in [3.8, 4) is 0 Å². The molecule has 1 aliphatic heterocycles. The van der Waals surface area contributed by atoms with E-state index in [9.17, 15) is 13.2 Å². The second-order valence-electron chi connectivity index (χ2n) is 4.92. The number of carbonyl (C=O) groups is 1. The van der Waals surface area contributed by atoms with Crippen LogP contribution in [0.1, 0.15) is 5.69 Å². The summed E-state index contributed by atoms with van der Waals surface area (Å²) in [5, 5.41) is 4.57. The van der Waals surface area contributed by atoms with Crippen molar-refractivity contribution in [2.24, 2.45) is 0 Å². The molecular weight excluding hydrogens is 294 g/mol.